The number of benzene rings is 3. The summed E-state index contributed by atoms with van der Waals surface area (Å²) >= 11 is 3.55. The molecule has 1 saturated heterocycles. The first-order chi connectivity index (χ1) is 15.1. The van der Waals surface area contributed by atoms with Crippen LogP contribution in [0.3, 0.4) is 0 Å². The van der Waals surface area contributed by atoms with Crippen molar-refractivity contribution in [3.63, 3.8) is 0 Å². The molecule has 1 fully saturated rings. The number of ether oxygens (including phenoxy) is 2. The van der Waals surface area contributed by atoms with Gasteiger partial charge < -0.3 is 20.1 Å². The second kappa shape index (κ2) is 9.94. The minimum Gasteiger partial charge on any atom is -0.483 e. The molecule has 3 aromatic rings. The van der Waals surface area contributed by atoms with Crippen LogP contribution in [0.1, 0.15) is 23.2 Å². The molecule has 31 heavy (non-hydrogen) atoms. The first-order valence-electron chi connectivity index (χ1n) is 10.2. The molecule has 0 spiro atoms. The number of hydrogen-bond acceptors (Lipinski definition) is 4. The van der Waals surface area contributed by atoms with E-state index >= 15 is 0 Å². The Bertz CT molecular complexity index is 1100. The first-order valence-corrected chi connectivity index (χ1v) is 11.0. The highest BCUT2D eigenvalue weighted by Gasteiger charge is 2.18. The van der Waals surface area contributed by atoms with E-state index in [1.54, 1.807) is 24.3 Å². The minimum absolute atomic E-state index is 0.0551. The molecule has 7 heteroatoms. The zero-order valence-electron chi connectivity index (χ0n) is 16.9. The van der Waals surface area contributed by atoms with Gasteiger partial charge >= 0.3 is 0 Å². The molecule has 1 heterocycles. The fraction of sp³-hybridized carbons (Fsp3) is 0.250. The number of amides is 2. The van der Waals surface area contributed by atoms with Crippen LogP contribution in [0.5, 0.6) is 5.75 Å². The van der Waals surface area contributed by atoms with Gasteiger partial charge in [-0.05, 0) is 57.7 Å². The summed E-state index contributed by atoms with van der Waals surface area (Å²) in [5.41, 5.74) is 0.847. The van der Waals surface area contributed by atoms with E-state index in [0.717, 1.165) is 34.7 Å². The van der Waals surface area contributed by atoms with Crippen LogP contribution in [0.25, 0.3) is 10.8 Å². The number of carbonyl (C=O) groups is 2. The zero-order valence-corrected chi connectivity index (χ0v) is 18.5. The summed E-state index contributed by atoms with van der Waals surface area (Å²) in [6.45, 7) is 1.02. The molecule has 3 aromatic carbocycles. The predicted octanol–water partition coefficient (Wildman–Crippen LogP) is 4.53. The van der Waals surface area contributed by atoms with Gasteiger partial charge in [0.25, 0.3) is 11.8 Å². The summed E-state index contributed by atoms with van der Waals surface area (Å²) in [4.78, 5) is 25.1. The van der Waals surface area contributed by atoms with Gasteiger partial charge in [0.05, 0.1) is 21.8 Å². The molecular formula is C24H23BrN2O4. The Hall–Kier alpha value is -2.90. The van der Waals surface area contributed by atoms with Crippen LogP contribution in [0.4, 0.5) is 5.69 Å². The molecule has 1 atom stereocenters. The van der Waals surface area contributed by atoms with Crippen molar-refractivity contribution in [1.29, 1.82) is 0 Å². The number of carbonyl (C=O) groups excluding carboxylic acids is 2. The standard InChI is InChI=1S/C24H23BrN2O4/c25-23-18-8-2-1-6-16(18)11-12-21(23)31-15-22(28)27-20-10-4-3-9-19(20)24(29)26-14-17-7-5-13-30-17/h1-4,6,8-12,17H,5,7,13-15H2,(H,26,29)(H,27,28). The van der Waals surface area contributed by atoms with Crippen LogP contribution < -0.4 is 15.4 Å². The molecule has 1 aliphatic rings. The van der Waals surface area contributed by atoms with E-state index < -0.39 is 0 Å². The third-order valence-electron chi connectivity index (χ3n) is 5.15. The molecule has 160 valence electrons. The van der Waals surface area contributed by atoms with Gasteiger partial charge in [0, 0.05) is 13.2 Å². The van der Waals surface area contributed by atoms with Gasteiger partial charge in [-0.15, -0.1) is 0 Å². The summed E-state index contributed by atoms with van der Waals surface area (Å²) in [6, 6.07) is 18.6. The van der Waals surface area contributed by atoms with Gasteiger partial charge in [-0.1, -0.05) is 42.5 Å². The number of rotatable bonds is 7. The van der Waals surface area contributed by atoms with Crippen LogP contribution in [0, 0.1) is 0 Å². The molecule has 0 radical (unpaired) electrons. The first kappa shape index (κ1) is 21.3. The number of halogens is 1. The topological polar surface area (TPSA) is 76.7 Å². The SMILES string of the molecule is O=C(COc1ccc2ccccc2c1Br)Nc1ccccc1C(=O)NCC1CCCO1. The van der Waals surface area contributed by atoms with Gasteiger partial charge in [0.15, 0.2) is 6.61 Å². The van der Waals surface area contributed by atoms with Crippen LogP contribution in [0.15, 0.2) is 65.1 Å². The lowest BCUT2D eigenvalue weighted by molar-refractivity contribution is -0.118. The normalized spacial score (nSPS) is 15.6. The summed E-state index contributed by atoms with van der Waals surface area (Å²) in [6.07, 6.45) is 2.01. The van der Waals surface area contributed by atoms with Gasteiger partial charge in [-0.25, -0.2) is 0 Å². The number of nitrogens with one attached hydrogen (secondary N) is 2. The van der Waals surface area contributed by atoms with E-state index in [1.165, 1.54) is 0 Å². The number of anilines is 1. The Balaban J connectivity index is 1.37. The van der Waals surface area contributed by atoms with Crippen molar-refractivity contribution >= 4 is 44.2 Å². The van der Waals surface area contributed by atoms with Crippen LogP contribution >= 0.6 is 15.9 Å². The summed E-state index contributed by atoms with van der Waals surface area (Å²) < 4.78 is 12.1. The molecule has 4 rings (SSSR count). The molecule has 0 aliphatic carbocycles. The van der Waals surface area contributed by atoms with Crippen LogP contribution in [-0.4, -0.2) is 37.7 Å². The van der Waals surface area contributed by atoms with Gasteiger partial charge in [0.2, 0.25) is 0 Å². The average Bonchev–Trinajstić information content (AvgIpc) is 3.31. The lowest BCUT2D eigenvalue weighted by Gasteiger charge is -2.14. The van der Waals surface area contributed by atoms with Gasteiger partial charge in [0.1, 0.15) is 5.75 Å². The van der Waals surface area contributed by atoms with E-state index in [2.05, 4.69) is 26.6 Å². The molecular weight excluding hydrogens is 460 g/mol. The molecule has 0 saturated carbocycles. The quantitative estimate of drug-likeness (QED) is 0.518. The lowest BCUT2D eigenvalue weighted by Crippen LogP contribution is -2.32. The summed E-state index contributed by atoms with van der Waals surface area (Å²) in [7, 11) is 0. The van der Waals surface area contributed by atoms with E-state index in [0.29, 0.717) is 23.5 Å². The number of fused-ring (bicyclic) bond motifs is 1. The fourth-order valence-corrected chi connectivity index (χ4v) is 4.16. The molecule has 2 N–H and O–H groups in total. The molecule has 0 bridgehead atoms. The highest BCUT2D eigenvalue weighted by Crippen LogP contribution is 2.33. The number of para-hydroxylation sites is 1. The maximum Gasteiger partial charge on any atom is 0.262 e. The monoisotopic (exact) mass is 482 g/mol. The van der Waals surface area contributed by atoms with Crippen LogP contribution in [-0.2, 0) is 9.53 Å². The van der Waals surface area contributed by atoms with Crippen molar-refractivity contribution < 1.29 is 19.1 Å². The van der Waals surface area contributed by atoms with Crippen molar-refractivity contribution in [2.24, 2.45) is 0 Å². The fourth-order valence-electron chi connectivity index (χ4n) is 3.55. The highest BCUT2D eigenvalue weighted by molar-refractivity contribution is 9.10. The van der Waals surface area contributed by atoms with Crippen molar-refractivity contribution in [3.8, 4) is 5.75 Å². The number of hydrogen-bond donors (Lipinski definition) is 2. The van der Waals surface area contributed by atoms with Crippen molar-refractivity contribution in [1.82, 2.24) is 5.32 Å². The molecule has 6 nitrogen and oxygen atoms in total. The Morgan fingerprint density at radius 2 is 1.87 bits per heavy atom. The Labute approximate surface area is 189 Å². The maximum absolute atomic E-state index is 12.6. The predicted molar refractivity (Wildman–Crippen MR) is 124 cm³/mol. The van der Waals surface area contributed by atoms with E-state index in [4.69, 9.17) is 9.47 Å². The lowest BCUT2D eigenvalue weighted by atomic mass is 10.1. The zero-order chi connectivity index (χ0) is 21.6. The van der Waals surface area contributed by atoms with Crippen LogP contribution in [0.2, 0.25) is 0 Å². The Kier molecular flexibility index (Phi) is 6.84. The van der Waals surface area contributed by atoms with Crippen molar-refractivity contribution in [3.05, 3.63) is 70.7 Å². The Morgan fingerprint density at radius 3 is 2.71 bits per heavy atom. The average molecular weight is 483 g/mol. The van der Waals surface area contributed by atoms with Crippen molar-refractivity contribution in [2.75, 3.05) is 25.1 Å². The van der Waals surface area contributed by atoms with Gasteiger partial charge in [-0.3, -0.25) is 9.59 Å². The largest absolute Gasteiger partial charge is 0.483 e. The summed E-state index contributed by atoms with van der Waals surface area (Å²) in [5, 5.41) is 7.75. The smallest absolute Gasteiger partial charge is 0.262 e. The van der Waals surface area contributed by atoms with E-state index in [-0.39, 0.29) is 24.5 Å². The van der Waals surface area contributed by atoms with E-state index in [9.17, 15) is 9.59 Å². The highest BCUT2D eigenvalue weighted by atomic mass is 79.9. The third-order valence-corrected chi connectivity index (χ3v) is 5.96. The molecule has 2 amide bonds. The van der Waals surface area contributed by atoms with Crippen molar-refractivity contribution in [2.45, 2.75) is 18.9 Å². The molecule has 1 aliphatic heterocycles. The van der Waals surface area contributed by atoms with E-state index in [1.807, 2.05) is 36.4 Å². The molecule has 1 unspecified atom stereocenters. The third kappa shape index (κ3) is 5.24. The second-order valence-corrected chi connectivity index (χ2v) is 8.12. The van der Waals surface area contributed by atoms with Gasteiger partial charge in [-0.2, -0.15) is 0 Å². The molecule has 0 aromatic heterocycles. The second-order valence-electron chi connectivity index (χ2n) is 7.33. The Morgan fingerprint density at radius 1 is 1.06 bits per heavy atom. The minimum atomic E-state index is -0.348. The summed E-state index contributed by atoms with van der Waals surface area (Å²) in [5.74, 6) is -0.0135. The maximum atomic E-state index is 12.6.